The van der Waals surface area contributed by atoms with E-state index in [1.165, 1.54) is 19.1 Å². The molecule has 0 spiro atoms. The van der Waals surface area contributed by atoms with Crippen LogP contribution in [0.15, 0.2) is 24.3 Å². The molecule has 3 nitrogen and oxygen atoms in total. The highest BCUT2D eigenvalue weighted by molar-refractivity contribution is 9.12. The second-order valence-electron chi connectivity index (χ2n) is 3.42. The van der Waals surface area contributed by atoms with Crippen molar-refractivity contribution in [2.75, 3.05) is 5.75 Å². The maximum atomic E-state index is 11.7. The van der Waals surface area contributed by atoms with E-state index in [2.05, 4.69) is 15.9 Å². The molecule has 0 radical (unpaired) electrons. The Hall–Kier alpha value is 0.190. The monoisotopic (exact) mass is 360 g/mol. The third kappa shape index (κ3) is 3.15. The number of alkyl halides is 2. The third-order valence-electron chi connectivity index (χ3n) is 2.30. The highest BCUT2D eigenvalue weighted by atomic mass is 79.9. The Morgan fingerprint density at radius 1 is 1.41 bits per heavy atom. The molecule has 0 aromatic heterocycles. The van der Waals surface area contributed by atoms with E-state index in [0.29, 0.717) is 10.6 Å². The van der Waals surface area contributed by atoms with Gasteiger partial charge in [0.25, 0.3) is 0 Å². The average molecular weight is 362 g/mol. The fourth-order valence-electron chi connectivity index (χ4n) is 1.20. The van der Waals surface area contributed by atoms with E-state index in [-0.39, 0.29) is 5.75 Å². The van der Waals surface area contributed by atoms with Gasteiger partial charge in [-0.3, -0.25) is 0 Å². The van der Waals surface area contributed by atoms with Crippen LogP contribution in [0, 0.1) is 0 Å². The van der Waals surface area contributed by atoms with E-state index in [9.17, 15) is 13.5 Å². The number of hydrogen-bond acceptors (Lipinski definition) is 3. The van der Waals surface area contributed by atoms with Gasteiger partial charge in [-0.15, -0.1) is 0 Å². The number of rotatable bonds is 4. The van der Waals surface area contributed by atoms with Crippen molar-refractivity contribution in [2.45, 2.75) is 16.1 Å². The predicted molar refractivity (Wildman–Crippen MR) is 73.4 cm³/mol. The van der Waals surface area contributed by atoms with E-state index in [1.54, 1.807) is 12.1 Å². The van der Waals surface area contributed by atoms with Crippen LogP contribution in [0.2, 0.25) is 5.02 Å². The maximum absolute atomic E-state index is 11.7. The summed E-state index contributed by atoms with van der Waals surface area (Å²) in [5.74, 6) is -0.174. The van der Waals surface area contributed by atoms with Crippen molar-refractivity contribution in [1.82, 2.24) is 0 Å². The van der Waals surface area contributed by atoms with Crippen LogP contribution >= 0.6 is 39.1 Å². The lowest BCUT2D eigenvalue weighted by Crippen LogP contribution is -2.34. The first-order chi connectivity index (χ1) is 7.72. The molecule has 96 valence electrons. The number of hydrogen-bond donors (Lipinski definition) is 1. The molecule has 2 atom stereocenters. The zero-order valence-corrected chi connectivity index (χ0v) is 12.8. The van der Waals surface area contributed by atoms with Gasteiger partial charge in [0.1, 0.15) is 6.10 Å². The Balaban J connectivity index is 3.12. The quantitative estimate of drug-likeness (QED) is 0.838. The van der Waals surface area contributed by atoms with E-state index in [4.69, 9.17) is 23.2 Å². The summed E-state index contributed by atoms with van der Waals surface area (Å²) in [5, 5.41) is 10.5. The Morgan fingerprint density at radius 2 is 1.88 bits per heavy atom. The summed E-state index contributed by atoms with van der Waals surface area (Å²) >= 11 is 14.5. The van der Waals surface area contributed by atoms with Crippen LogP contribution < -0.4 is 0 Å². The standard InChI is InChI=1S/C10H11BrCl2O3S/c1-2-17(15,16)10(11,13)9(14)7-3-5-8(12)6-4-7/h3-6,9,14H,2H2,1H3/t9-,10-/m0/s1. The number of benzene rings is 1. The molecular weight excluding hydrogens is 351 g/mol. The molecule has 0 unspecified atom stereocenters. The molecule has 0 saturated carbocycles. The summed E-state index contributed by atoms with van der Waals surface area (Å²) in [6, 6.07) is 6.16. The van der Waals surface area contributed by atoms with E-state index < -0.39 is 19.1 Å². The van der Waals surface area contributed by atoms with Gasteiger partial charge in [0.2, 0.25) is 3.12 Å². The van der Waals surface area contributed by atoms with Crippen molar-refractivity contribution < 1.29 is 13.5 Å². The molecule has 1 aromatic rings. The molecular formula is C10H11BrCl2O3S. The molecule has 0 aliphatic heterocycles. The summed E-state index contributed by atoms with van der Waals surface area (Å²) in [5.41, 5.74) is 0.373. The minimum absolute atomic E-state index is 0.174. The lowest BCUT2D eigenvalue weighted by atomic mass is 10.1. The largest absolute Gasteiger partial charge is 0.385 e. The van der Waals surface area contributed by atoms with Gasteiger partial charge in [0.15, 0.2) is 9.84 Å². The van der Waals surface area contributed by atoms with Crippen molar-refractivity contribution in [3.63, 3.8) is 0 Å². The second-order valence-corrected chi connectivity index (χ2v) is 9.36. The van der Waals surface area contributed by atoms with Crippen LogP contribution in [0.5, 0.6) is 0 Å². The Labute approximate surface area is 119 Å². The highest BCUT2D eigenvalue weighted by Gasteiger charge is 2.45. The Morgan fingerprint density at radius 3 is 2.29 bits per heavy atom. The maximum Gasteiger partial charge on any atom is 0.229 e. The first kappa shape index (κ1) is 15.2. The predicted octanol–water partition coefficient (Wildman–Crippen LogP) is 3.10. The summed E-state index contributed by atoms with van der Waals surface area (Å²) in [6.45, 7) is 1.46. The van der Waals surface area contributed by atoms with Gasteiger partial charge in [0, 0.05) is 5.02 Å². The van der Waals surface area contributed by atoms with Gasteiger partial charge in [-0.1, -0.05) is 42.3 Å². The lowest BCUT2D eigenvalue weighted by Gasteiger charge is -2.25. The fourth-order valence-corrected chi connectivity index (χ4v) is 3.59. The number of aliphatic hydroxyl groups excluding tert-OH is 1. The average Bonchev–Trinajstić information content (AvgIpc) is 2.28. The minimum Gasteiger partial charge on any atom is -0.385 e. The van der Waals surface area contributed by atoms with E-state index in [1.807, 2.05) is 0 Å². The number of halogens is 3. The molecule has 1 aromatic carbocycles. The molecule has 0 fully saturated rings. The first-order valence-corrected chi connectivity index (χ1v) is 7.96. The van der Waals surface area contributed by atoms with Gasteiger partial charge in [-0.05, 0) is 33.6 Å². The molecule has 17 heavy (non-hydrogen) atoms. The summed E-state index contributed by atoms with van der Waals surface area (Å²) in [6.07, 6.45) is -1.38. The van der Waals surface area contributed by atoms with Gasteiger partial charge in [-0.25, -0.2) is 8.42 Å². The van der Waals surface area contributed by atoms with E-state index in [0.717, 1.165) is 0 Å². The fraction of sp³-hybridized carbons (Fsp3) is 0.400. The van der Waals surface area contributed by atoms with Crippen LogP contribution in [0.4, 0.5) is 0 Å². The zero-order valence-electron chi connectivity index (χ0n) is 8.90. The van der Waals surface area contributed by atoms with Gasteiger partial charge >= 0.3 is 0 Å². The molecule has 0 bridgehead atoms. The van der Waals surface area contributed by atoms with Crippen molar-refractivity contribution in [3.8, 4) is 0 Å². The topological polar surface area (TPSA) is 54.4 Å². The van der Waals surface area contributed by atoms with E-state index >= 15 is 0 Å². The van der Waals surface area contributed by atoms with Crippen molar-refractivity contribution in [3.05, 3.63) is 34.9 Å². The van der Waals surface area contributed by atoms with Crippen LogP contribution in [-0.4, -0.2) is 22.4 Å². The van der Waals surface area contributed by atoms with Gasteiger partial charge < -0.3 is 5.11 Å². The van der Waals surface area contributed by atoms with Crippen molar-refractivity contribution >= 4 is 49.0 Å². The Bertz CT molecular complexity index is 485. The van der Waals surface area contributed by atoms with Crippen LogP contribution in [-0.2, 0) is 9.84 Å². The number of aliphatic hydroxyl groups is 1. The third-order valence-corrected chi connectivity index (χ3v) is 7.19. The summed E-state index contributed by atoms with van der Waals surface area (Å²) < 4.78 is 21.5. The first-order valence-electron chi connectivity index (χ1n) is 4.76. The van der Waals surface area contributed by atoms with Crippen LogP contribution in [0.3, 0.4) is 0 Å². The SMILES string of the molecule is CCS(=O)(=O)[C@](Cl)(Br)[C@@H](O)c1ccc(Cl)cc1. The molecule has 0 saturated heterocycles. The molecule has 0 aliphatic carbocycles. The highest BCUT2D eigenvalue weighted by Crippen LogP contribution is 2.43. The summed E-state index contributed by atoms with van der Waals surface area (Å²) in [7, 11) is -3.66. The smallest absolute Gasteiger partial charge is 0.229 e. The summed E-state index contributed by atoms with van der Waals surface area (Å²) in [4.78, 5) is 0. The molecule has 7 heteroatoms. The molecule has 0 heterocycles. The molecule has 0 aliphatic rings. The van der Waals surface area contributed by atoms with Crippen molar-refractivity contribution in [2.24, 2.45) is 0 Å². The van der Waals surface area contributed by atoms with Gasteiger partial charge in [0.05, 0.1) is 5.75 Å². The Kier molecular flexibility index (Phi) is 4.88. The lowest BCUT2D eigenvalue weighted by molar-refractivity contribution is 0.185. The molecule has 1 N–H and O–H groups in total. The number of sulfone groups is 1. The zero-order chi connectivity index (χ0) is 13.3. The normalized spacial score (nSPS) is 17.5. The van der Waals surface area contributed by atoms with Gasteiger partial charge in [-0.2, -0.15) is 0 Å². The van der Waals surface area contributed by atoms with Crippen LogP contribution in [0.25, 0.3) is 0 Å². The van der Waals surface area contributed by atoms with Crippen molar-refractivity contribution in [1.29, 1.82) is 0 Å². The minimum atomic E-state index is -3.66. The molecule has 0 amide bonds. The second kappa shape index (κ2) is 5.45. The van der Waals surface area contributed by atoms with Crippen LogP contribution in [0.1, 0.15) is 18.6 Å². The molecule has 1 rings (SSSR count).